The summed E-state index contributed by atoms with van der Waals surface area (Å²) in [5.41, 5.74) is 2.64. The van der Waals surface area contributed by atoms with Crippen molar-refractivity contribution < 1.29 is 9.53 Å². The quantitative estimate of drug-likeness (QED) is 0.760. The van der Waals surface area contributed by atoms with Crippen LogP contribution in [0, 0.1) is 25.2 Å². The largest absolute Gasteiger partial charge is 0.378 e. The minimum atomic E-state index is -0.452. The molecule has 0 atom stereocenters. The van der Waals surface area contributed by atoms with Crippen LogP contribution < -0.4 is 15.8 Å². The Hall–Kier alpha value is -3.22. The molecule has 0 radical (unpaired) electrons. The smallest absolute Gasteiger partial charge is 0.286 e. The number of hydrogen-bond donors (Lipinski definition) is 1. The van der Waals surface area contributed by atoms with Crippen LogP contribution in [0.25, 0.3) is 0 Å². The number of morpholine rings is 1. The molecule has 30 heavy (non-hydrogen) atoms. The van der Waals surface area contributed by atoms with Crippen LogP contribution in [0.4, 0.5) is 11.4 Å². The first kappa shape index (κ1) is 21.5. The number of amides is 1. The third kappa shape index (κ3) is 5.03. The highest BCUT2D eigenvalue weighted by molar-refractivity contribution is 5.92. The maximum absolute atomic E-state index is 12.4. The molecule has 0 bridgehead atoms. The molecular weight excluding hydrogens is 384 g/mol. The molecule has 1 aromatic carbocycles. The molecule has 1 aliphatic rings. The van der Waals surface area contributed by atoms with Gasteiger partial charge in [-0.15, -0.1) is 0 Å². The van der Waals surface area contributed by atoms with E-state index < -0.39 is 5.56 Å². The van der Waals surface area contributed by atoms with E-state index in [2.05, 4.69) is 15.3 Å². The molecule has 0 saturated carbocycles. The third-order valence-corrected chi connectivity index (χ3v) is 5.06. The van der Waals surface area contributed by atoms with E-state index >= 15 is 0 Å². The van der Waals surface area contributed by atoms with Gasteiger partial charge in [-0.05, 0) is 50.7 Å². The molecule has 1 amide bonds. The lowest BCUT2D eigenvalue weighted by Crippen LogP contribution is -2.37. The standard InChI is InChI=1S/C21H26N6O3/c1-15-16(2)24-27(21(29)19(15)12-22)14-25(3)13-20(28)23-17-4-6-18(7-5-17)26-8-10-30-11-9-26/h4-7H,8-11,13-14H2,1-3H3,(H,23,28). The number of rotatable bonds is 6. The second-order valence-corrected chi connectivity index (χ2v) is 7.35. The lowest BCUT2D eigenvalue weighted by molar-refractivity contribution is -0.117. The highest BCUT2D eigenvalue weighted by Gasteiger charge is 2.15. The number of aryl methyl sites for hydroxylation is 1. The van der Waals surface area contributed by atoms with Gasteiger partial charge < -0.3 is 15.0 Å². The zero-order chi connectivity index (χ0) is 21.7. The Morgan fingerprint density at radius 2 is 1.93 bits per heavy atom. The van der Waals surface area contributed by atoms with Gasteiger partial charge in [-0.25, -0.2) is 4.68 Å². The molecule has 1 aromatic heterocycles. The van der Waals surface area contributed by atoms with Crippen LogP contribution in [-0.2, 0) is 16.2 Å². The maximum atomic E-state index is 12.4. The van der Waals surface area contributed by atoms with Crippen molar-refractivity contribution >= 4 is 17.3 Å². The highest BCUT2D eigenvalue weighted by atomic mass is 16.5. The first-order chi connectivity index (χ1) is 14.4. The van der Waals surface area contributed by atoms with Gasteiger partial charge in [0, 0.05) is 24.5 Å². The SMILES string of the molecule is Cc1nn(CN(C)CC(=O)Nc2ccc(N3CCOCC3)cc2)c(=O)c(C#N)c1C. The van der Waals surface area contributed by atoms with Crippen molar-refractivity contribution in [2.24, 2.45) is 0 Å². The first-order valence-electron chi connectivity index (χ1n) is 9.78. The Morgan fingerprint density at radius 1 is 1.27 bits per heavy atom. The average molecular weight is 410 g/mol. The molecule has 1 fully saturated rings. The summed E-state index contributed by atoms with van der Waals surface area (Å²) in [5.74, 6) is -0.200. The second kappa shape index (κ2) is 9.52. The summed E-state index contributed by atoms with van der Waals surface area (Å²) in [6, 6.07) is 9.64. The first-order valence-corrected chi connectivity index (χ1v) is 9.78. The minimum absolute atomic E-state index is 0.0775. The Balaban J connectivity index is 1.58. The van der Waals surface area contributed by atoms with Gasteiger partial charge >= 0.3 is 0 Å². The molecule has 0 spiro atoms. The van der Waals surface area contributed by atoms with Gasteiger partial charge in [-0.2, -0.15) is 10.4 Å². The van der Waals surface area contributed by atoms with E-state index in [-0.39, 0.29) is 24.7 Å². The lowest BCUT2D eigenvalue weighted by atomic mass is 10.1. The molecule has 1 aliphatic heterocycles. The van der Waals surface area contributed by atoms with Gasteiger partial charge in [0.05, 0.1) is 32.1 Å². The van der Waals surface area contributed by atoms with Crippen LogP contribution in [0.3, 0.4) is 0 Å². The van der Waals surface area contributed by atoms with Crippen LogP contribution >= 0.6 is 0 Å². The molecule has 158 valence electrons. The predicted molar refractivity (Wildman–Crippen MR) is 113 cm³/mol. The third-order valence-electron chi connectivity index (χ3n) is 5.06. The van der Waals surface area contributed by atoms with Gasteiger partial charge in [0.25, 0.3) is 5.56 Å². The molecule has 1 saturated heterocycles. The average Bonchev–Trinajstić information content (AvgIpc) is 2.73. The molecule has 0 unspecified atom stereocenters. The number of aromatic nitrogens is 2. The number of anilines is 2. The molecule has 1 N–H and O–H groups in total. The second-order valence-electron chi connectivity index (χ2n) is 7.35. The van der Waals surface area contributed by atoms with Gasteiger partial charge in [0.1, 0.15) is 11.6 Å². The fourth-order valence-corrected chi connectivity index (χ4v) is 3.30. The number of ether oxygens (including phenoxy) is 1. The van der Waals surface area contributed by atoms with Crippen LogP contribution in [-0.4, -0.2) is 60.5 Å². The fourth-order valence-electron chi connectivity index (χ4n) is 3.30. The Morgan fingerprint density at radius 3 is 2.57 bits per heavy atom. The molecule has 3 rings (SSSR count). The lowest BCUT2D eigenvalue weighted by Gasteiger charge is -2.28. The van der Waals surface area contributed by atoms with E-state index in [0.29, 0.717) is 16.9 Å². The van der Waals surface area contributed by atoms with Crippen LogP contribution in [0.15, 0.2) is 29.1 Å². The highest BCUT2D eigenvalue weighted by Crippen LogP contribution is 2.19. The van der Waals surface area contributed by atoms with E-state index in [4.69, 9.17) is 4.74 Å². The predicted octanol–water partition coefficient (Wildman–Crippen LogP) is 1.10. The normalized spacial score (nSPS) is 13.9. The van der Waals surface area contributed by atoms with Crippen molar-refractivity contribution in [2.45, 2.75) is 20.5 Å². The summed E-state index contributed by atoms with van der Waals surface area (Å²) >= 11 is 0. The minimum Gasteiger partial charge on any atom is -0.378 e. The van der Waals surface area contributed by atoms with Crippen LogP contribution in [0.1, 0.15) is 16.8 Å². The summed E-state index contributed by atoms with van der Waals surface area (Å²) in [6.07, 6.45) is 0. The number of nitrogens with zero attached hydrogens (tertiary/aromatic N) is 5. The van der Waals surface area contributed by atoms with E-state index in [1.807, 2.05) is 30.3 Å². The van der Waals surface area contributed by atoms with Crippen molar-refractivity contribution in [1.82, 2.24) is 14.7 Å². The van der Waals surface area contributed by atoms with Crippen molar-refractivity contribution in [3.8, 4) is 6.07 Å². The number of carbonyl (C=O) groups excluding carboxylic acids is 1. The van der Waals surface area contributed by atoms with Crippen molar-refractivity contribution in [3.63, 3.8) is 0 Å². The number of likely N-dealkylation sites (N-methyl/N-ethyl adjacent to an activating group) is 1. The van der Waals surface area contributed by atoms with Crippen LogP contribution in [0.2, 0.25) is 0 Å². The molecule has 2 aromatic rings. The van der Waals surface area contributed by atoms with Crippen LogP contribution in [0.5, 0.6) is 0 Å². The monoisotopic (exact) mass is 410 g/mol. The number of carbonyl (C=O) groups is 1. The summed E-state index contributed by atoms with van der Waals surface area (Å²) in [6.45, 7) is 6.80. The molecule has 9 heteroatoms. The zero-order valence-electron chi connectivity index (χ0n) is 17.5. The molecular formula is C21H26N6O3. The van der Waals surface area contributed by atoms with Gasteiger partial charge in [0.2, 0.25) is 5.91 Å². The molecule has 9 nitrogen and oxygen atoms in total. The zero-order valence-corrected chi connectivity index (χ0v) is 17.5. The van der Waals surface area contributed by atoms with E-state index in [9.17, 15) is 14.9 Å². The number of benzene rings is 1. The van der Waals surface area contributed by atoms with Crippen molar-refractivity contribution in [1.29, 1.82) is 5.26 Å². The van der Waals surface area contributed by atoms with Crippen molar-refractivity contribution in [2.75, 3.05) is 50.1 Å². The summed E-state index contributed by atoms with van der Waals surface area (Å²) in [7, 11) is 1.72. The van der Waals surface area contributed by atoms with E-state index in [1.165, 1.54) is 4.68 Å². The molecule has 2 heterocycles. The summed E-state index contributed by atoms with van der Waals surface area (Å²) in [4.78, 5) is 28.7. The molecule has 0 aliphatic carbocycles. The Bertz CT molecular complexity index is 1000. The maximum Gasteiger partial charge on any atom is 0.286 e. The number of nitriles is 1. The van der Waals surface area contributed by atoms with Gasteiger partial charge in [0.15, 0.2) is 0 Å². The van der Waals surface area contributed by atoms with Crippen molar-refractivity contribution in [3.05, 3.63) is 51.4 Å². The summed E-state index contributed by atoms with van der Waals surface area (Å²) in [5, 5.41) is 16.3. The van der Waals surface area contributed by atoms with E-state index in [0.717, 1.165) is 32.0 Å². The topological polar surface area (TPSA) is 103 Å². The number of nitrogens with one attached hydrogen (secondary N) is 1. The Kier molecular flexibility index (Phi) is 6.82. The summed E-state index contributed by atoms with van der Waals surface area (Å²) < 4.78 is 6.58. The fraction of sp³-hybridized carbons (Fsp3) is 0.429. The van der Waals surface area contributed by atoms with Gasteiger partial charge in [-0.3, -0.25) is 14.5 Å². The Labute approximate surface area is 175 Å². The van der Waals surface area contributed by atoms with E-state index in [1.54, 1.807) is 25.8 Å². The van der Waals surface area contributed by atoms with Gasteiger partial charge in [-0.1, -0.05) is 0 Å². The number of hydrogen-bond acceptors (Lipinski definition) is 7.